The number of amides is 2. The maximum Gasteiger partial charge on any atom is 0.258 e. The van der Waals surface area contributed by atoms with E-state index in [0.29, 0.717) is 19.3 Å². The van der Waals surface area contributed by atoms with Gasteiger partial charge in [0.25, 0.3) is 11.8 Å². The van der Waals surface area contributed by atoms with Crippen LogP contribution < -0.4 is 15.4 Å². The van der Waals surface area contributed by atoms with Crippen molar-refractivity contribution in [3.05, 3.63) is 58.9 Å². The summed E-state index contributed by atoms with van der Waals surface area (Å²) in [5.74, 6) is -1.70. The Labute approximate surface area is 164 Å². The Morgan fingerprint density at radius 1 is 1.11 bits per heavy atom. The normalized spacial score (nSPS) is 24.5. The average Bonchev–Trinajstić information content (AvgIpc) is 2.59. The molecule has 1 aromatic heterocycles. The highest BCUT2D eigenvalue weighted by molar-refractivity contribution is 6.30. The molecule has 146 valence electrons. The molecule has 28 heavy (non-hydrogen) atoms. The average molecular weight is 408 g/mol. The van der Waals surface area contributed by atoms with E-state index in [2.05, 4.69) is 15.6 Å². The summed E-state index contributed by atoms with van der Waals surface area (Å²) in [5.41, 5.74) is -0.581. The van der Waals surface area contributed by atoms with Gasteiger partial charge >= 0.3 is 0 Å². The number of nitrogens with zero attached hydrogens (tertiary/aromatic N) is 1. The summed E-state index contributed by atoms with van der Waals surface area (Å²) in [6.07, 6.45) is 4.11. The first-order valence-corrected chi connectivity index (χ1v) is 8.98. The van der Waals surface area contributed by atoms with Crippen molar-refractivity contribution < 1.29 is 23.1 Å². The van der Waals surface area contributed by atoms with Gasteiger partial charge in [0, 0.05) is 23.3 Å². The van der Waals surface area contributed by atoms with E-state index in [9.17, 15) is 18.4 Å². The molecule has 2 bridgehead atoms. The van der Waals surface area contributed by atoms with Gasteiger partial charge in [-0.15, -0.1) is 0 Å². The van der Waals surface area contributed by atoms with E-state index in [-0.39, 0.29) is 45.8 Å². The van der Waals surface area contributed by atoms with Crippen molar-refractivity contribution in [1.29, 1.82) is 0 Å². The number of pyridine rings is 1. The molecule has 0 saturated heterocycles. The zero-order valence-electron chi connectivity index (χ0n) is 14.6. The van der Waals surface area contributed by atoms with Crippen LogP contribution in [0.1, 0.15) is 29.6 Å². The Balaban J connectivity index is 1.24. The topological polar surface area (TPSA) is 80.3 Å². The van der Waals surface area contributed by atoms with Gasteiger partial charge in [-0.3, -0.25) is 14.6 Å². The van der Waals surface area contributed by atoms with Crippen molar-refractivity contribution in [1.82, 2.24) is 15.6 Å². The fourth-order valence-corrected chi connectivity index (χ4v) is 4.07. The molecule has 6 nitrogen and oxygen atoms in total. The second-order valence-corrected chi connectivity index (χ2v) is 7.76. The number of halogens is 3. The van der Waals surface area contributed by atoms with E-state index in [0.717, 1.165) is 18.3 Å². The molecule has 0 radical (unpaired) electrons. The molecule has 3 saturated carbocycles. The molecule has 5 rings (SSSR count). The summed E-state index contributed by atoms with van der Waals surface area (Å²) in [6, 6.07) is 5.07. The van der Waals surface area contributed by atoms with Crippen molar-refractivity contribution in [3.63, 3.8) is 0 Å². The van der Waals surface area contributed by atoms with Crippen LogP contribution in [0.25, 0.3) is 0 Å². The molecule has 2 amide bonds. The zero-order valence-corrected chi connectivity index (χ0v) is 15.4. The third-order valence-electron chi connectivity index (χ3n) is 5.04. The molecule has 3 aliphatic rings. The molecule has 1 heterocycles. The molecule has 2 N–H and O–H groups in total. The summed E-state index contributed by atoms with van der Waals surface area (Å²) < 4.78 is 31.8. The second-order valence-electron chi connectivity index (χ2n) is 7.35. The van der Waals surface area contributed by atoms with Crippen molar-refractivity contribution in [2.45, 2.75) is 30.3 Å². The molecule has 9 heteroatoms. The fraction of sp³-hybridized carbons (Fsp3) is 0.316. The molecule has 2 aromatic rings. The minimum Gasteiger partial charge on any atom is -0.484 e. The SMILES string of the molecule is O=C(COc1ccc(Cl)c(F)c1)NC12CC(NC(=O)c3cncc(F)c3)(C1)C2. The van der Waals surface area contributed by atoms with Crippen molar-refractivity contribution in [2.75, 3.05) is 6.61 Å². The first kappa shape index (κ1) is 18.6. The first-order valence-electron chi connectivity index (χ1n) is 8.60. The van der Waals surface area contributed by atoms with E-state index in [1.54, 1.807) is 0 Å². The number of ether oxygens (including phenoxy) is 1. The number of benzene rings is 1. The lowest BCUT2D eigenvalue weighted by molar-refractivity contribution is -0.141. The van der Waals surface area contributed by atoms with Gasteiger partial charge in [0.05, 0.1) is 16.8 Å². The van der Waals surface area contributed by atoms with Gasteiger partial charge in [-0.1, -0.05) is 11.6 Å². The summed E-state index contributed by atoms with van der Waals surface area (Å²) in [7, 11) is 0. The number of hydrogen-bond acceptors (Lipinski definition) is 4. The predicted molar refractivity (Wildman–Crippen MR) is 96.0 cm³/mol. The van der Waals surface area contributed by atoms with E-state index in [4.69, 9.17) is 16.3 Å². The van der Waals surface area contributed by atoms with Gasteiger partial charge in [-0.05, 0) is 37.5 Å². The molecule has 1 aromatic carbocycles. The summed E-state index contributed by atoms with van der Waals surface area (Å²) in [5, 5.41) is 5.76. The molecule has 3 fully saturated rings. The van der Waals surface area contributed by atoms with Crippen molar-refractivity contribution in [3.8, 4) is 5.75 Å². The standard InChI is InChI=1S/C19H16ClF2N3O3/c20-14-2-1-13(4-15(14)22)28-7-16(26)24-18-8-19(9-18,10-18)25-17(27)11-3-12(21)6-23-5-11/h1-6H,7-10H2,(H,24,26)(H,25,27). The summed E-state index contributed by atoms with van der Waals surface area (Å²) in [4.78, 5) is 28.0. The summed E-state index contributed by atoms with van der Waals surface area (Å²) in [6.45, 7) is -0.253. The lowest BCUT2D eigenvalue weighted by Gasteiger charge is -2.70. The van der Waals surface area contributed by atoms with Crippen LogP contribution in [0.3, 0.4) is 0 Å². The van der Waals surface area contributed by atoms with Crippen LogP contribution >= 0.6 is 11.6 Å². The van der Waals surface area contributed by atoms with Crippen LogP contribution in [-0.2, 0) is 4.79 Å². The van der Waals surface area contributed by atoms with E-state index >= 15 is 0 Å². The van der Waals surface area contributed by atoms with Gasteiger partial charge in [0.1, 0.15) is 17.4 Å². The summed E-state index contributed by atoms with van der Waals surface area (Å²) >= 11 is 5.60. The minimum atomic E-state index is -0.620. The number of hydrogen-bond donors (Lipinski definition) is 2. The Morgan fingerprint density at radius 2 is 1.82 bits per heavy atom. The number of carbonyl (C=O) groups excluding carboxylic acids is 2. The quantitative estimate of drug-likeness (QED) is 0.771. The fourth-order valence-electron chi connectivity index (χ4n) is 3.95. The lowest BCUT2D eigenvalue weighted by Crippen LogP contribution is -2.84. The minimum absolute atomic E-state index is 0.0213. The highest BCUT2D eigenvalue weighted by Gasteiger charge is 2.69. The van der Waals surface area contributed by atoms with Gasteiger partial charge in [0.2, 0.25) is 0 Å². The predicted octanol–water partition coefficient (Wildman–Crippen LogP) is 2.61. The van der Waals surface area contributed by atoms with Gasteiger partial charge in [-0.2, -0.15) is 0 Å². The second kappa shape index (κ2) is 6.70. The van der Waals surface area contributed by atoms with Crippen molar-refractivity contribution in [2.24, 2.45) is 0 Å². The Morgan fingerprint density at radius 3 is 2.50 bits per heavy atom. The van der Waals surface area contributed by atoms with Crippen molar-refractivity contribution >= 4 is 23.4 Å². The highest BCUT2D eigenvalue weighted by Crippen LogP contribution is 2.60. The van der Waals surface area contributed by atoms with Crippen LogP contribution in [0, 0.1) is 11.6 Å². The van der Waals surface area contributed by atoms with Crippen LogP contribution in [0.5, 0.6) is 5.75 Å². The van der Waals surface area contributed by atoms with E-state index in [1.165, 1.54) is 18.3 Å². The highest BCUT2D eigenvalue weighted by atomic mass is 35.5. The smallest absolute Gasteiger partial charge is 0.258 e. The zero-order chi connectivity index (χ0) is 19.9. The van der Waals surface area contributed by atoms with Gasteiger partial charge in [-0.25, -0.2) is 8.78 Å². The number of carbonyl (C=O) groups is 2. The van der Waals surface area contributed by atoms with Crippen LogP contribution in [0.2, 0.25) is 5.02 Å². The number of nitrogens with one attached hydrogen (secondary N) is 2. The monoisotopic (exact) mass is 407 g/mol. The Bertz CT molecular complexity index is 949. The van der Waals surface area contributed by atoms with Crippen LogP contribution in [-0.4, -0.2) is 34.5 Å². The van der Waals surface area contributed by atoms with E-state index < -0.39 is 11.6 Å². The van der Waals surface area contributed by atoms with Gasteiger partial charge in [0.15, 0.2) is 6.61 Å². The van der Waals surface area contributed by atoms with Crippen LogP contribution in [0.15, 0.2) is 36.7 Å². The molecular weight excluding hydrogens is 392 g/mol. The largest absolute Gasteiger partial charge is 0.484 e. The van der Waals surface area contributed by atoms with Gasteiger partial charge < -0.3 is 15.4 Å². The Hall–Kier alpha value is -2.74. The molecule has 0 spiro atoms. The maximum absolute atomic E-state index is 13.4. The molecule has 0 unspecified atom stereocenters. The molecule has 3 aliphatic carbocycles. The van der Waals surface area contributed by atoms with E-state index in [1.807, 2.05) is 0 Å². The molecule has 0 atom stereocenters. The number of rotatable bonds is 6. The molecular formula is C19H16ClF2N3O3. The van der Waals surface area contributed by atoms with Crippen LogP contribution in [0.4, 0.5) is 8.78 Å². The molecule has 0 aliphatic heterocycles. The maximum atomic E-state index is 13.4. The number of aromatic nitrogens is 1. The Kier molecular flexibility index (Phi) is 4.45. The third-order valence-corrected chi connectivity index (χ3v) is 5.35. The third kappa shape index (κ3) is 3.52. The lowest BCUT2D eigenvalue weighted by atomic mass is 9.44. The first-order chi connectivity index (χ1) is 13.3.